The maximum absolute atomic E-state index is 11.9. The van der Waals surface area contributed by atoms with Crippen molar-refractivity contribution in [3.63, 3.8) is 0 Å². The maximum Gasteiger partial charge on any atom is 0.331 e. The minimum atomic E-state index is -1.08. The van der Waals surface area contributed by atoms with Crippen molar-refractivity contribution < 1.29 is 14.7 Å². The topological polar surface area (TPSA) is 66.4 Å². The Bertz CT molecular complexity index is 504. The van der Waals surface area contributed by atoms with Crippen molar-refractivity contribution in [1.29, 1.82) is 0 Å². The minimum absolute atomic E-state index is 0.0569. The van der Waals surface area contributed by atoms with Gasteiger partial charge >= 0.3 is 5.97 Å². The molecule has 0 fully saturated rings. The molecule has 1 aromatic rings. The van der Waals surface area contributed by atoms with Gasteiger partial charge in [0.25, 0.3) is 5.91 Å². The van der Waals surface area contributed by atoms with Gasteiger partial charge in [-0.05, 0) is 31.9 Å². The summed E-state index contributed by atoms with van der Waals surface area (Å²) in [6.07, 6.45) is 0.803. The third-order valence-corrected chi connectivity index (χ3v) is 2.87. The van der Waals surface area contributed by atoms with E-state index in [1.165, 1.54) is 13.8 Å². The molecule has 96 valence electrons. The number of amides is 1. The van der Waals surface area contributed by atoms with Gasteiger partial charge in [-0.25, -0.2) is 4.79 Å². The van der Waals surface area contributed by atoms with Crippen LogP contribution in [0.2, 0.25) is 0 Å². The van der Waals surface area contributed by atoms with Crippen molar-refractivity contribution in [3.8, 4) is 0 Å². The first-order valence-corrected chi connectivity index (χ1v) is 5.77. The number of para-hydroxylation sites is 1. The molecule has 0 saturated carbocycles. The molecule has 18 heavy (non-hydrogen) atoms. The maximum atomic E-state index is 11.9. The Kier molecular flexibility index (Phi) is 4.66. The van der Waals surface area contributed by atoms with Crippen LogP contribution in [0.15, 0.2) is 35.4 Å². The highest BCUT2D eigenvalue weighted by Crippen LogP contribution is 2.17. The van der Waals surface area contributed by atoms with Gasteiger partial charge in [0.1, 0.15) is 0 Å². The van der Waals surface area contributed by atoms with Crippen molar-refractivity contribution >= 4 is 17.6 Å². The van der Waals surface area contributed by atoms with Gasteiger partial charge in [0.2, 0.25) is 0 Å². The molecular formula is C14H17NO3. The number of carbonyl (C=O) groups is 2. The second-order valence-corrected chi connectivity index (χ2v) is 4.02. The third kappa shape index (κ3) is 3.20. The van der Waals surface area contributed by atoms with Crippen molar-refractivity contribution in [2.75, 3.05) is 5.32 Å². The number of aryl methyl sites for hydroxylation is 1. The summed E-state index contributed by atoms with van der Waals surface area (Å²) < 4.78 is 0. The summed E-state index contributed by atoms with van der Waals surface area (Å²) in [4.78, 5) is 22.7. The number of carboxylic acids is 1. The van der Waals surface area contributed by atoms with Crippen LogP contribution in [0.4, 0.5) is 5.69 Å². The molecule has 4 nitrogen and oxygen atoms in total. The SMILES string of the molecule is CCc1ccccc1NC(=O)C(C)=C(C)C(=O)O. The normalized spacial score (nSPS) is 11.7. The molecule has 0 aliphatic rings. The van der Waals surface area contributed by atoms with E-state index in [4.69, 9.17) is 5.11 Å². The summed E-state index contributed by atoms with van der Waals surface area (Å²) in [6.45, 7) is 4.92. The van der Waals surface area contributed by atoms with Gasteiger partial charge in [0.15, 0.2) is 0 Å². The Morgan fingerprint density at radius 3 is 2.33 bits per heavy atom. The summed E-state index contributed by atoms with van der Waals surface area (Å²) in [5, 5.41) is 11.6. The third-order valence-electron chi connectivity index (χ3n) is 2.87. The second-order valence-electron chi connectivity index (χ2n) is 4.02. The van der Waals surface area contributed by atoms with E-state index in [1.54, 1.807) is 6.07 Å². The van der Waals surface area contributed by atoms with Gasteiger partial charge < -0.3 is 10.4 Å². The average Bonchev–Trinajstić information content (AvgIpc) is 2.37. The number of hydrogen-bond acceptors (Lipinski definition) is 2. The standard InChI is InChI=1S/C14H17NO3/c1-4-11-7-5-6-8-12(11)15-13(16)9(2)10(3)14(17)18/h5-8H,4H2,1-3H3,(H,15,16)(H,17,18). The summed E-state index contributed by atoms with van der Waals surface area (Å²) >= 11 is 0. The molecule has 0 saturated heterocycles. The Hall–Kier alpha value is -2.10. The first kappa shape index (κ1) is 14.0. The molecule has 1 aromatic carbocycles. The van der Waals surface area contributed by atoms with E-state index in [-0.39, 0.29) is 17.1 Å². The van der Waals surface area contributed by atoms with Crippen LogP contribution in [0.1, 0.15) is 26.3 Å². The Morgan fingerprint density at radius 1 is 1.17 bits per heavy atom. The number of carbonyl (C=O) groups excluding carboxylic acids is 1. The molecular weight excluding hydrogens is 230 g/mol. The zero-order chi connectivity index (χ0) is 13.7. The molecule has 1 amide bonds. The molecule has 1 rings (SSSR count). The number of benzene rings is 1. The predicted molar refractivity (Wildman–Crippen MR) is 70.5 cm³/mol. The summed E-state index contributed by atoms with van der Waals surface area (Å²) in [6, 6.07) is 7.47. The van der Waals surface area contributed by atoms with E-state index >= 15 is 0 Å². The lowest BCUT2D eigenvalue weighted by molar-refractivity contribution is -0.133. The van der Waals surface area contributed by atoms with Gasteiger partial charge in [-0.15, -0.1) is 0 Å². The number of rotatable bonds is 4. The molecule has 0 spiro atoms. The van der Waals surface area contributed by atoms with Crippen LogP contribution in [0.3, 0.4) is 0 Å². The number of carboxylic acid groups (broad SMARTS) is 1. The summed E-state index contributed by atoms with van der Waals surface area (Å²) in [5.41, 5.74) is 2.02. The van der Waals surface area contributed by atoms with E-state index in [2.05, 4.69) is 5.32 Å². The lowest BCUT2D eigenvalue weighted by Crippen LogP contribution is -2.17. The highest BCUT2D eigenvalue weighted by molar-refractivity contribution is 6.08. The van der Waals surface area contributed by atoms with Gasteiger partial charge in [-0.1, -0.05) is 25.1 Å². The van der Waals surface area contributed by atoms with Crippen LogP contribution in [-0.2, 0) is 16.0 Å². The highest BCUT2D eigenvalue weighted by Gasteiger charge is 2.13. The Morgan fingerprint density at radius 2 is 1.78 bits per heavy atom. The van der Waals surface area contributed by atoms with Crippen molar-refractivity contribution in [1.82, 2.24) is 0 Å². The predicted octanol–water partition coefficient (Wildman–Crippen LogP) is 2.61. The quantitative estimate of drug-likeness (QED) is 0.804. The van der Waals surface area contributed by atoms with E-state index in [0.29, 0.717) is 0 Å². The molecule has 0 aliphatic heterocycles. The molecule has 0 radical (unpaired) electrons. The van der Waals surface area contributed by atoms with Gasteiger partial charge in [-0.3, -0.25) is 4.79 Å². The lowest BCUT2D eigenvalue weighted by atomic mass is 10.1. The summed E-state index contributed by atoms with van der Waals surface area (Å²) in [7, 11) is 0. The molecule has 0 heterocycles. The van der Waals surface area contributed by atoms with Crippen LogP contribution >= 0.6 is 0 Å². The van der Waals surface area contributed by atoms with E-state index in [1.807, 2.05) is 25.1 Å². The van der Waals surface area contributed by atoms with Crippen molar-refractivity contribution in [2.24, 2.45) is 0 Å². The first-order valence-electron chi connectivity index (χ1n) is 5.77. The number of hydrogen-bond donors (Lipinski definition) is 2. The van der Waals surface area contributed by atoms with Crippen LogP contribution < -0.4 is 5.32 Å². The lowest BCUT2D eigenvalue weighted by Gasteiger charge is -2.10. The zero-order valence-electron chi connectivity index (χ0n) is 10.8. The first-order chi connectivity index (χ1) is 8.47. The van der Waals surface area contributed by atoms with Crippen molar-refractivity contribution in [3.05, 3.63) is 41.0 Å². The second kappa shape index (κ2) is 6.00. The zero-order valence-corrected chi connectivity index (χ0v) is 10.8. The van der Waals surface area contributed by atoms with Gasteiger partial charge in [0, 0.05) is 16.8 Å². The molecule has 0 aliphatic carbocycles. The smallest absolute Gasteiger partial charge is 0.331 e. The molecule has 0 bridgehead atoms. The Balaban J connectivity index is 2.95. The fraction of sp³-hybridized carbons (Fsp3) is 0.286. The molecule has 0 unspecified atom stereocenters. The fourth-order valence-electron chi connectivity index (χ4n) is 1.50. The van der Waals surface area contributed by atoms with E-state index in [9.17, 15) is 9.59 Å². The van der Waals surface area contributed by atoms with Crippen LogP contribution in [0.25, 0.3) is 0 Å². The highest BCUT2D eigenvalue weighted by atomic mass is 16.4. The van der Waals surface area contributed by atoms with Crippen molar-refractivity contribution in [2.45, 2.75) is 27.2 Å². The molecule has 0 aromatic heterocycles. The molecule has 2 N–H and O–H groups in total. The largest absolute Gasteiger partial charge is 0.478 e. The van der Waals surface area contributed by atoms with E-state index < -0.39 is 5.97 Å². The average molecular weight is 247 g/mol. The van der Waals surface area contributed by atoms with Gasteiger partial charge in [-0.2, -0.15) is 0 Å². The Labute approximate surface area is 106 Å². The monoisotopic (exact) mass is 247 g/mol. The summed E-state index contributed by atoms with van der Waals surface area (Å²) in [5.74, 6) is -1.46. The minimum Gasteiger partial charge on any atom is -0.478 e. The molecule has 4 heteroatoms. The number of nitrogens with one attached hydrogen (secondary N) is 1. The van der Waals surface area contributed by atoms with Crippen LogP contribution in [-0.4, -0.2) is 17.0 Å². The van der Waals surface area contributed by atoms with Crippen LogP contribution in [0.5, 0.6) is 0 Å². The fourth-order valence-corrected chi connectivity index (χ4v) is 1.50. The van der Waals surface area contributed by atoms with E-state index in [0.717, 1.165) is 17.7 Å². The number of anilines is 1. The number of aliphatic carboxylic acids is 1. The molecule has 0 atom stereocenters. The van der Waals surface area contributed by atoms with Crippen LogP contribution in [0, 0.1) is 0 Å². The van der Waals surface area contributed by atoms with Gasteiger partial charge in [0.05, 0.1) is 0 Å².